The molecular formula is C17H30N4OS. The first-order chi connectivity index (χ1) is 11.3. The molecule has 0 aliphatic carbocycles. The smallest absolute Gasteiger partial charge is 0.190 e. The summed E-state index contributed by atoms with van der Waals surface area (Å²) in [6, 6.07) is 4.94. The molecule has 2 heterocycles. The molecule has 0 spiro atoms. The number of hydrogen-bond donors (Lipinski definition) is 2. The Morgan fingerprint density at radius 2 is 2.35 bits per heavy atom. The highest BCUT2D eigenvalue weighted by Crippen LogP contribution is 2.36. The molecule has 0 saturated carbocycles. The molecule has 1 aromatic heterocycles. The number of hydrogen-bond acceptors (Lipinski definition) is 4. The van der Waals surface area contributed by atoms with E-state index in [1.165, 1.54) is 24.3 Å². The number of rotatable bonds is 7. The van der Waals surface area contributed by atoms with Gasteiger partial charge in [0.2, 0.25) is 0 Å². The van der Waals surface area contributed by atoms with E-state index in [1.807, 2.05) is 18.4 Å². The fraction of sp³-hybridized carbons (Fsp3) is 0.706. The summed E-state index contributed by atoms with van der Waals surface area (Å²) < 4.78 is 5.07. The number of methoxy groups -OCH3 is 1. The van der Waals surface area contributed by atoms with Crippen molar-refractivity contribution >= 4 is 17.3 Å². The topological polar surface area (TPSA) is 48.9 Å². The van der Waals surface area contributed by atoms with Gasteiger partial charge in [-0.3, -0.25) is 9.89 Å². The second-order valence-corrected chi connectivity index (χ2v) is 7.05. The van der Waals surface area contributed by atoms with Gasteiger partial charge < -0.3 is 15.4 Å². The lowest BCUT2D eigenvalue weighted by Crippen LogP contribution is -2.45. The highest BCUT2D eigenvalue weighted by Gasteiger charge is 2.31. The lowest BCUT2D eigenvalue weighted by Gasteiger charge is -2.39. The van der Waals surface area contributed by atoms with Gasteiger partial charge in [0.05, 0.1) is 0 Å². The van der Waals surface area contributed by atoms with Gasteiger partial charge in [-0.1, -0.05) is 6.07 Å². The van der Waals surface area contributed by atoms with E-state index >= 15 is 0 Å². The third-order valence-corrected chi connectivity index (χ3v) is 5.36. The van der Waals surface area contributed by atoms with E-state index in [4.69, 9.17) is 4.74 Å². The molecule has 1 aliphatic heterocycles. The molecule has 0 radical (unpaired) electrons. The Morgan fingerprint density at radius 3 is 3.04 bits per heavy atom. The standard InChI is InChI=1S/C17H30N4OS/c1-18-17(19-9-6-11-22-3)20-13-14-7-4-10-21(2)16(14)15-8-5-12-23-15/h5,8,12,14,16H,4,6-7,9-11,13H2,1-3H3,(H2,18,19,20). The number of nitrogens with zero attached hydrogens (tertiary/aromatic N) is 2. The van der Waals surface area contributed by atoms with Crippen LogP contribution in [0.3, 0.4) is 0 Å². The van der Waals surface area contributed by atoms with E-state index in [0.29, 0.717) is 12.0 Å². The highest BCUT2D eigenvalue weighted by molar-refractivity contribution is 7.10. The number of aliphatic imine (C=N–C) groups is 1. The number of ether oxygens (including phenoxy) is 1. The summed E-state index contributed by atoms with van der Waals surface area (Å²) >= 11 is 1.87. The van der Waals surface area contributed by atoms with Crippen molar-refractivity contribution in [2.75, 3.05) is 47.4 Å². The number of thiophene rings is 1. The van der Waals surface area contributed by atoms with Crippen molar-refractivity contribution in [3.8, 4) is 0 Å². The van der Waals surface area contributed by atoms with Crippen LogP contribution in [0.4, 0.5) is 0 Å². The van der Waals surface area contributed by atoms with Gasteiger partial charge in [0, 0.05) is 44.8 Å². The average molecular weight is 339 g/mol. The zero-order valence-corrected chi connectivity index (χ0v) is 15.4. The van der Waals surface area contributed by atoms with Gasteiger partial charge in [-0.05, 0) is 50.2 Å². The molecule has 2 atom stereocenters. The lowest BCUT2D eigenvalue weighted by atomic mass is 9.88. The van der Waals surface area contributed by atoms with Gasteiger partial charge in [0.15, 0.2) is 5.96 Å². The third kappa shape index (κ3) is 5.48. The third-order valence-electron chi connectivity index (χ3n) is 4.41. The van der Waals surface area contributed by atoms with E-state index in [0.717, 1.165) is 32.1 Å². The van der Waals surface area contributed by atoms with Crippen molar-refractivity contribution in [3.05, 3.63) is 22.4 Å². The molecule has 0 amide bonds. The number of piperidine rings is 1. The van der Waals surface area contributed by atoms with Crippen LogP contribution in [0.5, 0.6) is 0 Å². The predicted molar refractivity (Wildman–Crippen MR) is 98.3 cm³/mol. The summed E-state index contributed by atoms with van der Waals surface area (Å²) in [7, 11) is 5.81. The summed E-state index contributed by atoms with van der Waals surface area (Å²) in [6.45, 7) is 3.80. The summed E-state index contributed by atoms with van der Waals surface area (Å²) in [5, 5.41) is 9.04. The van der Waals surface area contributed by atoms with Crippen LogP contribution in [0.15, 0.2) is 22.5 Å². The Bertz CT molecular complexity index is 463. The summed E-state index contributed by atoms with van der Waals surface area (Å²) in [4.78, 5) is 8.29. The molecule has 1 aliphatic rings. The SMILES string of the molecule is CN=C(NCCCOC)NCC1CCCN(C)C1c1cccs1. The molecule has 0 aromatic carbocycles. The monoisotopic (exact) mass is 338 g/mol. The van der Waals surface area contributed by atoms with Crippen LogP contribution in [0.25, 0.3) is 0 Å². The van der Waals surface area contributed by atoms with Crippen LogP contribution < -0.4 is 10.6 Å². The van der Waals surface area contributed by atoms with E-state index in [2.05, 4.69) is 45.1 Å². The van der Waals surface area contributed by atoms with Crippen molar-refractivity contribution < 1.29 is 4.74 Å². The average Bonchev–Trinajstić information content (AvgIpc) is 3.08. The fourth-order valence-electron chi connectivity index (χ4n) is 3.25. The minimum absolute atomic E-state index is 0.517. The summed E-state index contributed by atoms with van der Waals surface area (Å²) in [6.07, 6.45) is 3.52. The lowest BCUT2D eigenvalue weighted by molar-refractivity contribution is 0.125. The van der Waals surface area contributed by atoms with Gasteiger partial charge >= 0.3 is 0 Å². The Hall–Kier alpha value is -1.11. The van der Waals surface area contributed by atoms with Crippen LogP contribution in [-0.4, -0.2) is 58.3 Å². The van der Waals surface area contributed by atoms with Crippen LogP contribution in [0, 0.1) is 5.92 Å². The predicted octanol–water partition coefficient (Wildman–Crippen LogP) is 2.33. The Labute approximate surface area is 144 Å². The second kappa shape index (κ2) is 9.90. The fourth-order valence-corrected chi connectivity index (χ4v) is 4.24. The Kier molecular flexibility index (Phi) is 7.85. The largest absolute Gasteiger partial charge is 0.385 e. The van der Waals surface area contributed by atoms with Crippen molar-refractivity contribution in [3.63, 3.8) is 0 Å². The minimum Gasteiger partial charge on any atom is -0.385 e. The molecule has 2 rings (SSSR count). The normalized spacial score (nSPS) is 23.0. The molecule has 130 valence electrons. The maximum absolute atomic E-state index is 5.07. The molecular weight excluding hydrogens is 308 g/mol. The van der Waals surface area contributed by atoms with Crippen molar-refractivity contribution in [2.45, 2.75) is 25.3 Å². The quantitative estimate of drug-likeness (QED) is 0.455. The van der Waals surface area contributed by atoms with E-state index in [1.54, 1.807) is 7.11 Å². The van der Waals surface area contributed by atoms with Crippen LogP contribution in [-0.2, 0) is 4.74 Å². The van der Waals surface area contributed by atoms with Gasteiger partial charge in [-0.15, -0.1) is 11.3 Å². The second-order valence-electron chi connectivity index (χ2n) is 6.07. The molecule has 6 heteroatoms. The molecule has 0 bridgehead atoms. The van der Waals surface area contributed by atoms with Gasteiger partial charge in [0.1, 0.15) is 0 Å². The molecule has 1 aromatic rings. The first-order valence-corrected chi connectivity index (χ1v) is 9.31. The first-order valence-electron chi connectivity index (χ1n) is 8.43. The minimum atomic E-state index is 0.517. The zero-order valence-electron chi connectivity index (χ0n) is 14.5. The Morgan fingerprint density at radius 1 is 1.48 bits per heavy atom. The van der Waals surface area contributed by atoms with Crippen molar-refractivity contribution in [1.29, 1.82) is 0 Å². The molecule has 23 heavy (non-hydrogen) atoms. The zero-order chi connectivity index (χ0) is 16.5. The number of likely N-dealkylation sites (tertiary alicyclic amines) is 1. The maximum atomic E-state index is 5.07. The van der Waals surface area contributed by atoms with Crippen LogP contribution >= 0.6 is 11.3 Å². The first kappa shape index (κ1) is 18.2. The number of guanidine groups is 1. The van der Waals surface area contributed by atoms with Crippen molar-refractivity contribution in [1.82, 2.24) is 15.5 Å². The molecule has 1 fully saturated rings. The van der Waals surface area contributed by atoms with Gasteiger partial charge in [-0.2, -0.15) is 0 Å². The number of nitrogens with one attached hydrogen (secondary N) is 2. The van der Waals surface area contributed by atoms with Crippen molar-refractivity contribution in [2.24, 2.45) is 10.9 Å². The highest BCUT2D eigenvalue weighted by atomic mass is 32.1. The maximum Gasteiger partial charge on any atom is 0.190 e. The van der Waals surface area contributed by atoms with Crippen LogP contribution in [0.1, 0.15) is 30.2 Å². The van der Waals surface area contributed by atoms with Gasteiger partial charge in [-0.25, -0.2) is 0 Å². The van der Waals surface area contributed by atoms with E-state index < -0.39 is 0 Å². The molecule has 1 saturated heterocycles. The van der Waals surface area contributed by atoms with E-state index in [-0.39, 0.29) is 0 Å². The summed E-state index contributed by atoms with van der Waals surface area (Å²) in [5.74, 6) is 1.50. The summed E-state index contributed by atoms with van der Waals surface area (Å²) in [5.41, 5.74) is 0. The van der Waals surface area contributed by atoms with Crippen LogP contribution in [0.2, 0.25) is 0 Å². The van der Waals surface area contributed by atoms with E-state index in [9.17, 15) is 0 Å². The molecule has 2 N–H and O–H groups in total. The molecule has 5 nitrogen and oxygen atoms in total. The van der Waals surface area contributed by atoms with Gasteiger partial charge in [0.25, 0.3) is 0 Å². The Balaban J connectivity index is 1.86. The molecule has 2 unspecified atom stereocenters.